The number of nitrogens with one attached hydrogen (secondary N) is 1. The third-order valence-electron chi connectivity index (χ3n) is 3.49. The Morgan fingerprint density at radius 2 is 2.22 bits per heavy atom. The Kier molecular flexibility index (Phi) is 4.25. The van der Waals surface area contributed by atoms with Crippen LogP contribution in [0.2, 0.25) is 0 Å². The summed E-state index contributed by atoms with van der Waals surface area (Å²) in [6, 6.07) is 8.17. The number of carbonyl (C=O) groups is 1. The fraction of sp³-hybridized carbons (Fsp3) is 0.176. The number of benzene rings is 1. The predicted octanol–water partition coefficient (Wildman–Crippen LogP) is 3.68. The van der Waals surface area contributed by atoms with Crippen molar-refractivity contribution < 1.29 is 13.9 Å². The van der Waals surface area contributed by atoms with Crippen molar-refractivity contribution in [1.82, 2.24) is 10.3 Å². The van der Waals surface area contributed by atoms with Crippen LogP contribution in [-0.2, 0) is 6.54 Å². The molecule has 0 atom stereocenters. The van der Waals surface area contributed by atoms with Crippen LogP contribution in [0.4, 0.5) is 4.39 Å². The molecule has 6 heteroatoms. The van der Waals surface area contributed by atoms with E-state index in [0.717, 1.165) is 4.88 Å². The van der Waals surface area contributed by atoms with Crippen molar-refractivity contribution in [2.24, 2.45) is 0 Å². The number of aromatic nitrogens is 1. The first-order valence-electron chi connectivity index (χ1n) is 7.04. The zero-order chi connectivity index (χ0) is 16.4. The molecular formula is C17H15FN2O2S. The van der Waals surface area contributed by atoms with E-state index in [1.54, 1.807) is 18.3 Å². The molecule has 0 saturated heterocycles. The molecule has 2 heterocycles. The number of aryl methyl sites for hydroxylation is 1. The van der Waals surface area contributed by atoms with Crippen LogP contribution in [-0.4, -0.2) is 18.0 Å². The summed E-state index contributed by atoms with van der Waals surface area (Å²) in [4.78, 5) is 17.8. The van der Waals surface area contributed by atoms with Crippen molar-refractivity contribution in [3.8, 4) is 5.75 Å². The second-order valence-corrected chi connectivity index (χ2v) is 6.12. The second kappa shape index (κ2) is 6.34. The quantitative estimate of drug-likeness (QED) is 0.794. The summed E-state index contributed by atoms with van der Waals surface area (Å²) in [5.41, 5.74) is 1.47. The van der Waals surface area contributed by atoms with E-state index in [0.29, 0.717) is 28.8 Å². The average Bonchev–Trinajstić information content (AvgIpc) is 3.05. The number of halogens is 1. The number of nitrogens with zero attached hydrogens (tertiary/aromatic N) is 1. The van der Waals surface area contributed by atoms with Crippen LogP contribution in [0.3, 0.4) is 0 Å². The molecular weight excluding hydrogens is 315 g/mol. The number of methoxy groups -OCH3 is 1. The highest BCUT2D eigenvalue weighted by Gasteiger charge is 2.15. The third kappa shape index (κ3) is 3.17. The number of pyridine rings is 1. The number of thiophene rings is 1. The summed E-state index contributed by atoms with van der Waals surface area (Å²) < 4.78 is 18.9. The van der Waals surface area contributed by atoms with Crippen LogP contribution in [0.1, 0.15) is 20.9 Å². The largest absolute Gasteiger partial charge is 0.496 e. The van der Waals surface area contributed by atoms with E-state index < -0.39 is 0 Å². The summed E-state index contributed by atoms with van der Waals surface area (Å²) in [5.74, 6) is -0.216. The van der Waals surface area contributed by atoms with E-state index >= 15 is 0 Å². The van der Waals surface area contributed by atoms with Crippen LogP contribution >= 0.6 is 11.3 Å². The van der Waals surface area contributed by atoms with Gasteiger partial charge in [0.2, 0.25) is 0 Å². The summed E-state index contributed by atoms with van der Waals surface area (Å²) in [7, 11) is 1.49. The van der Waals surface area contributed by atoms with E-state index in [1.165, 1.54) is 25.3 Å². The van der Waals surface area contributed by atoms with Gasteiger partial charge in [-0.15, -0.1) is 11.3 Å². The van der Waals surface area contributed by atoms with Crippen molar-refractivity contribution in [3.63, 3.8) is 0 Å². The molecule has 1 N–H and O–H groups in total. The van der Waals surface area contributed by atoms with Gasteiger partial charge in [0.15, 0.2) is 0 Å². The van der Waals surface area contributed by atoms with Crippen molar-refractivity contribution in [2.45, 2.75) is 13.5 Å². The lowest BCUT2D eigenvalue weighted by Crippen LogP contribution is -2.23. The predicted molar refractivity (Wildman–Crippen MR) is 88.5 cm³/mol. The minimum absolute atomic E-state index is 0.251. The molecule has 0 aliphatic carbocycles. The minimum Gasteiger partial charge on any atom is -0.496 e. The minimum atomic E-state index is -0.356. The van der Waals surface area contributed by atoms with Crippen LogP contribution < -0.4 is 10.1 Å². The lowest BCUT2D eigenvalue weighted by atomic mass is 10.1. The molecule has 0 saturated carbocycles. The molecule has 1 aromatic carbocycles. The van der Waals surface area contributed by atoms with E-state index in [-0.39, 0.29) is 17.4 Å². The van der Waals surface area contributed by atoms with Crippen molar-refractivity contribution in [2.75, 3.05) is 7.11 Å². The molecule has 3 rings (SSSR count). The van der Waals surface area contributed by atoms with Gasteiger partial charge in [0.25, 0.3) is 5.91 Å². The van der Waals surface area contributed by atoms with Gasteiger partial charge in [0.1, 0.15) is 17.3 Å². The Morgan fingerprint density at radius 3 is 2.91 bits per heavy atom. The highest BCUT2D eigenvalue weighted by molar-refractivity contribution is 7.09. The van der Waals surface area contributed by atoms with Gasteiger partial charge >= 0.3 is 0 Å². The standard InChI is InChI=1S/C17H15FN2O2S/c1-10-6-11(18)7-13-15(22-2)8-14(20-16(10)13)17(21)19-9-12-4-3-5-23-12/h3-8H,9H2,1-2H3,(H,19,21). The molecule has 0 fully saturated rings. The van der Waals surface area contributed by atoms with E-state index in [2.05, 4.69) is 10.3 Å². The topological polar surface area (TPSA) is 51.2 Å². The first-order chi connectivity index (χ1) is 11.1. The van der Waals surface area contributed by atoms with Crippen molar-refractivity contribution in [1.29, 1.82) is 0 Å². The fourth-order valence-electron chi connectivity index (χ4n) is 2.38. The van der Waals surface area contributed by atoms with Crippen LogP contribution in [0.25, 0.3) is 10.9 Å². The molecule has 0 aliphatic rings. The van der Waals surface area contributed by atoms with Gasteiger partial charge in [-0.3, -0.25) is 4.79 Å². The maximum Gasteiger partial charge on any atom is 0.270 e. The van der Waals surface area contributed by atoms with Gasteiger partial charge in [0.05, 0.1) is 19.2 Å². The first-order valence-corrected chi connectivity index (χ1v) is 7.92. The SMILES string of the molecule is COc1cc(C(=O)NCc2cccs2)nc2c(C)cc(F)cc12. The molecule has 2 aromatic heterocycles. The zero-order valence-electron chi connectivity index (χ0n) is 12.7. The lowest BCUT2D eigenvalue weighted by Gasteiger charge is -2.10. The summed E-state index contributed by atoms with van der Waals surface area (Å²) in [6.45, 7) is 2.20. The van der Waals surface area contributed by atoms with Crippen molar-refractivity contribution >= 4 is 28.1 Å². The zero-order valence-corrected chi connectivity index (χ0v) is 13.5. The summed E-state index contributed by atoms with van der Waals surface area (Å²) >= 11 is 1.57. The van der Waals surface area contributed by atoms with Gasteiger partial charge < -0.3 is 10.1 Å². The number of hydrogen-bond donors (Lipinski definition) is 1. The second-order valence-electron chi connectivity index (χ2n) is 5.09. The number of hydrogen-bond acceptors (Lipinski definition) is 4. The van der Waals surface area contributed by atoms with E-state index in [4.69, 9.17) is 4.74 Å². The van der Waals surface area contributed by atoms with Gasteiger partial charge in [-0.05, 0) is 36.1 Å². The Labute approximate surface area is 136 Å². The van der Waals surface area contributed by atoms with Gasteiger partial charge in [-0.2, -0.15) is 0 Å². The number of rotatable bonds is 4. The first kappa shape index (κ1) is 15.4. The van der Waals surface area contributed by atoms with Crippen molar-refractivity contribution in [3.05, 3.63) is 57.7 Å². The molecule has 0 spiro atoms. The maximum atomic E-state index is 13.6. The molecule has 0 unspecified atom stereocenters. The number of fused-ring (bicyclic) bond motifs is 1. The molecule has 0 bridgehead atoms. The summed E-state index contributed by atoms with van der Waals surface area (Å²) in [6.07, 6.45) is 0. The van der Waals surface area contributed by atoms with Crippen LogP contribution in [0.15, 0.2) is 35.7 Å². The third-order valence-corrected chi connectivity index (χ3v) is 4.36. The fourth-order valence-corrected chi connectivity index (χ4v) is 3.03. The smallest absolute Gasteiger partial charge is 0.270 e. The highest BCUT2D eigenvalue weighted by Crippen LogP contribution is 2.28. The number of ether oxygens (including phenoxy) is 1. The van der Waals surface area contributed by atoms with Gasteiger partial charge in [-0.1, -0.05) is 6.07 Å². The Balaban J connectivity index is 1.96. The molecule has 1 amide bonds. The Hall–Kier alpha value is -2.47. The highest BCUT2D eigenvalue weighted by atomic mass is 32.1. The molecule has 0 radical (unpaired) electrons. The van der Waals surface area contributed by atoms with E-state index in [9.17, 15) is 9.18 Å². The maximum absolute atomic E-state index is 13.6. The Bertz CT molecular complexity index is 863. The lowest BCUT2D eigenvalue weighted by molar-refractivity contribution is 0.0946. The van der Waals surface area contributed by atoms with Crippen LogP contribution in [0.5, 0.6) is 5.75 Å². The number of carbonyl (C=O) groups excluding carboxylic acids is 1. The van der Waals surface area contributed by atoms with Gasteiger partial charge in [-0.25, -0.2) is 9.37 Å². The monoisotopic (exact) mass is 330 g/mol. The van der Waals surface area contributed by atoms with E-state index in [1.807, 2.05) is 17.5 Å². The Morgan fingerprint density at radius 1 is 1.39 bits per heavy atom. The molecule has 23 heavy (non-hydrogen) atoms. The van der Waals surface area contributed by atoms with Crippen LogP contribution in [0, 0.1) is 12.7 Å². The molecule has 4 nitrogen and oxygen atoms in total. The normalized spacial score (nSPS) is 10.7. The number of amides is 1. The average molecular weight is 330 g/mol. The molecule has 0 aliphatic heterocycles. The summed E-state index contributed by atoms with van der Waals surface area (Å²) in [5, 5.41) is 5.34. The molecule has 3 aromatic rings. The van der Waals surface area contributed by atoms with Gasteiger partial charge in [0, 0.05) is 16.3 Å². The molecule has 118 valence electrons.